The number of nitrogens with zero attached hydrogens (tertiary/aromatic N) is 2. The molecule has 0 radical (unpaired) electrons. The Morgan fingerprint density at radius 3 is 2.81 bits per heavy atom. The predicted molar refractivity (Wildman–Crippen MR) is 76.2 cm³/mol. The number of aromatic nitrogens is 3. The maximum Gasteiger partial charge on any atom is 0.343 e. The first-order chi connectivity index (χ1) is 10.2. The molecule has 0 aliphatic rings. The molecule has 7 nitrogen and oxygen atoms in total. The van der Waals surface area contributed by atoms with Crippen molar-refractivity contribution in [2.75, 3.05) is 20.5 Å². The molecule has 1 heterocycles. The van der Waals surface area contributed by atoms with E-state index in [1.54, 1.807) is 0 Å². The number of H-pyrrole nitrogens is 1. The fourth-order valence-corrected chi connectivity index (χ4v) is 1.87. The van der Waals surface area contributed by atoms with Gasteiger partial charge in [0.1, 0.15) is 25.3 Å². The molecule has 2 rings (SSSR count). The van der Waals surface area contributed by atoms with Crippen molar-refractivity contribution in [3.05, 3.63) is 46.6 Å². The first-order valence-corrected chi connectivity index (χ1v) is 6.66. The van der Waals surface area contributed by atoms with Crippen LogP contribution in [0.2, 0.25) is 0 Å². The lowest BCUT2D eigenvalue weighted by molar-refractivity contribution is -0.0705. The summed E-state index contributed by atoms with van der Waals surface area (Å²) in [5, 5.41) is 6.41. The third-order valence-electron chi connectivity index (χ3n) is 2.91. The third-order valence-corrected chi connectivity index (χ3v) is 2.91. The monoisotopic (exact) mass is 293 g/mol. The minimum atomic E-state index is -0.347. The number of para-hydroxylation sites is 1. The van der Waals surface area contributed by atoms with Crippen LogP contribution >= 0.6 is 0 Å². The average Bonchev–Trinajstić information content (AvgIpc) is 2.87. The van der Waals surface area contributed by atoms with Gasteiger partial charge in [0.15, 0.2) is 5.82 Å². The van der Waals surface area contributed by atoms with Crippen LogP contribution in [0.3, 0.4) is 0 Å². The molecule has 1 aromatic carbocycles. The molecule has 0 spiro atoms. The maximum atomic E-state index is 11.8. The third kappa shape index (κ3) is 4.17. The number of methoxy groups -OCH3 is 1. The lowest BCUT2D eigenvalue weighted by atomic mass is 10.3. The standard InChI is InChI=1S/C14H19N3O4/c1-11(21-10-19-2)13-15-16-14(18)17(13)8-9-20-12-6-4-3-5-7-12/h3-7,11H,8-10H2,1-2H3,(H,16,18)/t11-/m1/s1. The average molecular weight is 293 g/mol. The van der Waals surface area contributed by atoms with E-state index >= 15 is 0 Å². The first-order valence-electron chi connectivity index (χ1n) is 6.66. The highest BCUT2D eigenvalue weighted by Gasteiger charge is 2.16. The van der Waals surface area contributed by atoms with Gasteiger partial charge in [-0.15, -0.1) is 0 Å². The summed E-state index contributed by atoms with van der Waals surface area (Å²) in [5.74, 6) is 1.29. The summed E-state index contributed by atoms with van der Waals surface area (Å²) >= 11 is 0. The maximum absolute atomic E-state index is 11.8. The van der Waals surface area contributed by atoms with Gasteiger partial charge < -0.3 is 14.2 Å². The highest BCUT2D eigenvalue weighted by atomic mass is 16.7. The molecule has 0 amide bonds. The molecular weight excluding hydrogens is 274 g/mol. The van der Waals surface area contributed by atoms with Gasteiger partial charge in [0.05, 0.1) is 6.54 Å². The number of nitrogens with one attached hydrogen (secondary N) is 1. The van der Waals surface area contributed by atoms with Crippen molar-refractivity contribution < 1.29 is 14.2 Å². The Kier molecular flexibility index (Phi) is 5.53. The fourth-order valence-electron chi connectivity index (χ4n) is 1.87. The molecule has 0 bridgehead atoms. The largest absolute Gasteiger partial charge is 0.492 e. The Bertz CT molecular complexity index is 594. The molecule has 0 fully saturated rings. The lowest BCUT2D eigenvalue weighted by Crippen LogP contribution is -2.24. The Hall–Kier alpha value is -2.12. The van der Waals surface area contributed by atoms with E-state index in [1.807, 2.05) is 37.3 Å². The SMILES string of the molecule is COCO[C@H](C)c1n[nH]c(=O)n1CCOc1ccccc1. The van der Waals surface area contributed by atoms with Gasteiger partial charge in [-0.2, -0.15) is 5.10 Å². The van der Waals surface area contributed by atoms with Crippen molar-refractivity contribution in [2.45, 2.75) is 19.6 Å². The van der Waals surface area contributed by atoms with Crippen LogP contribution in [0.4, 0.5) is 0 Å². The van der Waals surface area contributed by atoms with Gasteiger partial charge in [-0.05, 0) is 19.1 Å². The molecule has 1 aromatic heterocycles. The van der Waals surface area contributed by atoms with Crippen molar-refractivity contribution in [3.8, 4) is 5.75 Å². The summed E-state index contributed by atoms with van der Waals surface area (Å²) in [5.41, 5.74) is -0.283. The molecule has 7 heteroatoms. The van der Waals surface area contributed by atoms with Gasteiger partial charge in [-0.3, -0.25) is 4.57 Å². The lowest BCUT2D eigenvalue weighted by Gasteiger charge is -2.13. The molecular formula is C14H19N3O4. The van der Waals surface area contributed by atoms with E-state index in [4.69, 9.17) is 14.2 Å². The van der Waals surface area contributed by atoms with Gasteiger partial charge in [0.25, 0.3) is 0 Å². The van der Waals surface area contributed by atoms with E-state index < -0.39 is 0 Å². The highest BCUT2D eigenvalue weighted by molar-refractivity contribution is 5.20. The molecule has 21 heavy (non-hydrogen) atoms. The van der Waals surface area contributed by atoms with E-state index in [0.717, 1.165) is 5.75 Å². The first kappa shape index (κ1) is 15.3. The predicted octanol–water partition coefficient (Wildman–Crippen LogP) is 1.33. The topological polar surface area (TPSA) is 78.4 Å². The van der Waals surface area contributed by atoms with Gasteiger partial charge in [0.2, 0.25) is 0 Å². The summed E-state index contributed by atoms with van der Waals surface area (Å²) in [4.78, 5) is 11.8. The summed E-state index contributed by atoms with van der Waals surface area (Å²) < 4.78 is 17.3. The van der Waals surface area contributed by atoms with Crippen molar-refractivity contribution in [1.29, 1.82) is 0 Å². The Morgan fingerprint density at radius 1 is 1.33 bits per heavy atom. The van der Waals surface area contributed by atoms with Gasteiger partial charge in [0, 0.05) is 7.11 Å². The zero-order chi connectivity index (χ0) is 15.1. The molecule has 114 valence electrons. The molecule has 0 saturated carbocycles. The zero-order valence-electron chi connectivity index (χ0n) is 12.1. The Labute approximate surface area is 122 Å². The van der Waals surface area contributed by atoms with Gasteiger partial charge in [-0.1, -0.05) is 18.2 Å². The fraction of sp³-hybridized carbons (Fsp3) is 0.429. The van der Waals surface area contributed by atoms with Crippen molar-refractivity contribution in [2.24, 2.45) is 0 Å². The van der Waals surface area contributed by atoms with Crippen LogP contribution in [0.1, 0.15) is 18.9 Å². The minimum absolute atomic E-state index is 0.142. The smallest absolute Gasteiger partial charge is 0.343 e. The summed E-state index contributed by atoms with van der Waals surface area (Å²) in [6, 6.07) is 9.43. The Morgan fingerprint density at radius 2 is 2.10 bits per heavy atom. The van der Waals surface area contributed by atoms with Gasteiger partial charge in [-0.25, -0.2) is 9.89 Å². The highest BCUT2D eigenvalue weighted by Crippen LogP contribution is 2.12. The van der Waals surface area contributed by atoms with Crippen molar-refractivity contribution >= 4 is 0 Å². The molecule has 0 unspecified atom stereocenters. The molecule has 2 aromatic rings. The number of aromatic amines is 1. The second kappa shape index (κ2) is 7.61. The zero-order valence-corrected chi connectivity index (χ0v) is 12.1. The number of ether oxygens (including phenoxy) is 3. The van der Waals surface area contributed by atoms with Crippen LogP contribution in [-0.4, -0.2) is 35.3 Å². The minimum Gasteiger partial charge on any atom is -0.492 e. The van der Waals surface area contributed by atoms with Crippen LogP contribution in [0.5, 0.6) is 5.75 Å². The van der Waals surface area contributed by atoms with E-state index in [0.29, 0.717) is 19.0 Å². The molecule has 1 atom stereocenters. The van der Waals surface area contributed by atoms with Crippen molar-refractivity contribution in [3.63, 3.8) is 0 Å². The van der Waals surface area contributed by atoms with Crippen LogP contribution in [0.25, 0.3) is 0 Å². The molecule has 0 aliphatic heterocycles. The van der Waals surface area contributed by atoms with Crippen LogP contribution in [-0.2, 0) is 16.0 Å². The molecule has 0 saturated heterocycles. The van der Waals surface area contributed by atoms with E-state index in [9.17, 15) is 4.79 Å². The van der Waals surface area contributed by atoms with E-state index in [1.165, 1.54) is 11.7 Å². The van der Waals surface area contributed by atoms with E-state index in [-0.39, 0.29) is 18.6 Å². The Balaban J connectivity index is 1.96. The number of hydrogen-bond donors (Lipinski definition) is 1. The molecule has 1 N–H and O–H groups in total. The van der Waals surface area contributed by atoms with Crippen molar-refractivity contribution in [1.82, 2.24) is 14.8 Å². The van der Waals surface area contributed by atoms with Crippen LogP contribution in [0.15, 0.2) is 35.1 Å². The summed E-state index contributed by atoms with van der Waals surface area (Å²) in [6.07, 6.45) is -0.347. The molecule has 0 aliphatic carbocycles. The number of rotatable bonds is 8. The quantitative estimate of drug-likeness (QED) is 0.743. The number of hydrogen-bond acceptors (Lipinski definition) is 5. The summed E-state index contributed by atoms with van der Waals surface area (Å²) in [7, 11) is 1.54. The summed E-state index contributed by atoms with van der Waals surface area (Å²) in [6.45, 7) is 2.71. The van der Waals surface area contributed by atoms with E-state index in [2.05, 4.69) is 10.2 Å². The second-order valence-electron chi connectivity index (χ2n) is 4.42. The normalized spacial score (nSPS) is 12.3. The van der Waals surface area contributed by atoms with Crippen LogP contribution in [0, 0.1) is 0 Å². The number of benzene rings is 1. The van der Waals surface area contributed by atoms with Crippen LogP contribution < -0.4 is 10.4 Å². The second-order valence-corrected chi connectivity index (χ2v) is 4.42. The van der Waals surface area contributed by atoms with Gasteiger partial charge >= 0.3 is 5.69 Å².